The molecule has 5 atom stereocenters. The van der Waals surface area contributed by atoms with Gasteiger partial charge in [0.05, 0.1) is 4.90 Å². The van der Waals surface area contributed by atoms with E-state index in [0.717, 1.165) is 0 Å². The molecule has 0 spiro atoms. The number of benzene rings is 2. The molecule has 1 aliphatic heterocycles. The summed E-state index contributed by atoms with van der Waals surface area (Å²) in [4.78, 5) is 12.5. The zero-order chi connectivity index (χ0) is 24.3. The highest BCUT2D eigenvalue weighted by atomic mass is 32.2. The van der Waals surface area contributed by atoms with E-state index < -0.39 is 46.6 Å². The molecule has 12 nitrogen and oxygen atoms in total. The van der Waals surface area contributed by atoms with Crippen LogP contribution in [-0.2, 0) is 19.6 Å². The molecule has 1 heterocycles. The van der Waals surface area contributed by atoms with Crippen LogP contribution >= 0.6 is 12.2 Å². The molecular weight excluding hydrogens is 476 g/mol. The van der Waals surface area contributed by atoms with Crippen LogP contribution in [0.1, 0.15) is 0 Å². The zero-order valence-corrected chi connectivity index (χ0v) is 18.5. The SMILES string of the molecule is NS(=O)(=O)c1ccc(NC(=S)N[C@@H]2O[C@H](C(=O)Nc3cccc(O)c3)[C@@H](O)[C@H](O)[C@H]2O)cc1. The summed E-state index contributed by atoms with van der Waals surface area (Å²) in [7, 11) is -3.86. The van der Waals surface area contributed by atoms with Crippen molar-refractivity contribution in [3.8, 4) is 5.75 Å². The highest BCUT2D eigenvalue weighted by molar-refractivity contribution is 7.89. The molecule has 0 aromatic heterocycles. The summed E-state index contributed by atoms with van der Waals surface area (Å²) in [5.74, 6) is -0.926. The van der Waals surface area contributed by atoms with Crippen LogP contribution in [0.2, 0.25) is 0 Å². The van der Waals surface area contributed by atoms with E-state index in [2.05, 4.69) is 16.0 Å². The fourth-order valence-corrected chi connectivity index (χ4v) is 3.79. The predicted molar refractivity (Wildman–Crippen MR) is 121 cm³/mol. The maximum atomic E-state index is 12.6. The molecule has 0 saturated carbocycles. The summed E-state index contributed by atoms with van der Waals surface area (Å²) >= 11 is 5.14. The summed E-state index contributed by atoms with van der Waals surface area (Å²) in [6, 6.07) is 11.0. The second kappa shape index (κ2) is 9.96. The van der Waals surface area contributed by atoms with Gasteiger partial charge in [0.15, 0.2) is 17.4 Å². The second-order valence-corrected chi connectivity index (χ2v) is 9.13. The van der Waals surface area contributed by atoms with E-state index in [9.17, 15) is 33.6 Å². The van der Waals surface area contributed by atoms with Gasteiger partial charge in [-0.05, 0) is 48.6 Å². The van der Waals surface area contributed by atoms with E-state index in [1.54, 1.807) is 0 Å². The Balaban J connectivity index is 1.66. The Bertz CT molecular complexity index is 1130. The standard InChI is InChI=1S/C19H22N4O8S2/c20-33(29,30)12-6-4-9(5-7-12)22-19(32)23-18-15(27)13(25)14(26)16(31-18)17(28)21-10-2-1-3-11(24)8-10/h1-8,13-16,18,24-27H,(H,21,28)(H2,20,29,30)(H2,22,23,32)/t13-,14-,15+,16-,18+/m0/s1. The number of amides is 1. The summed E-state index contributed by atoms with van der Waals surface area (Å²) in [5, 5.41) is 52.9. The first-order chi connectivity index (χ1) is 15.5. The number of aromatic hydroxyl groups is 1. The highest BCUT2D eigenvalue weighted by Crippen LogP contribution is 2.23. The topological polar surface area (TPSA) is 203 Å². The van der Waals surface area contributed by atoms with Crippen molar-refractivity contribution in [3.05, 3.63) is 48.5 Å². The van der Waals surface area contributed by atoms with Gasteiger partial charge in [-0.3, -0.25) is 4.79 Å². The Kier molecular flexibility index (Phi) is 7.48. The number of nitrogens with two attached hydrogens (primary N) is 1. The quantitative estimate of drug-likeness (QED) is 0.229. The van der Waals surface area contributed by atoms with Crippen LogP contribution in [0.5, 0.6) is 5.75 Å². The van der Waals surface area contributed by atoms with Crippen LogP contribution in [0.4, 0.5) is 11.4 Å². The largest absolute Gasteiger partial charge is 0.508 e. The number of aliphatic hydroxyl groups excluding tert-OH is 3. The molecule has 9 N–H and O–H groups in total. The van der Waals surface area contributed by atoms with E-state index in [4.69, 9.17) is 22.1 Å². The molecule has 1 aliphatic rings. The van der Waals surface area contributed by atoms with Crippen LogP contribution in [0, 0.1) is 0 Å². The monoisotopic (exact) mass is 498 g/mol. The number of phenols is 1. The maximum Gasteiger partial charge on any atom is 0.256 e. The number of anilines is 2. The lowest BCUT2D eigenvalue weighted by atomic mass is 9.97. The number of ether oxygens (including phenoxy) is 1. The van der Waals surface area contributed by atoms with Crippen LogP contribution in [0.3, 0.4) is 0 Å². The molecule has 2 aromatic rings. The molecule has 3 rings (SSSR count). The van der Waals surface area contributed by atoms with Crippen LogP contribution in [0.15, 0.2) is 53.4 Å². The molecule has 33 heavy (non-hydrogen) atoms. The molecule has 0 unspecified atom stereocenters. The van der Waals surface area contributed by atoms with E-state index in [1.807, 2.05) is 0 Å². The minimum Gasteiger partial charge on any atom is -0.508 e. The average Bonchev–Trinajstić information content (AvgIpc) is 2.73. The molecule has 0 bridgehead atoms. The second-order valence-electron chi connectivity index (χ2n) is 7.16. The van der Waals surface area contributed by atoms with Crippen molar-refractivity contribution in [2.24, 2.45) is 5.14 Å². The van der Waals surface area contributed by atoms with Gasteiger partial charge in [-0.15, -0.1) is 0 Å². The van der Waals surface area contributed by atoms with Gasteiger partial charge in [0, 0.05) is 17.4 Å². The third-order valence-electron chi connectivity index (χ3n) is 4.70. The van der Waals surface area contributed by atoms with E-state index in [0.29, 0.717) is 5.69 Å². The number of thiocarbonyl (C=S) groups is 1. The normalized spacial score (nSPS) is 25.2. The lowest BCUT2D eigenvalue weighted by molar-refractivity contribution is -0.221. The van der Waals surface area contributed by atoms with Crippen molar-refractivity contribution >= 4 is 44.6 Å². The number of hydrogen-bond donors (Lipinski definition) is 8. The van der Waals surface area contributed by atoms with Crippen molar-refractivity contribution in [3.63, 3.8) is 0 Å². The Labute approximate surface area is 194 Å². The van der Waals surface area contributed by atoms with Gasteiger partial charge >= 0.3 is 0 Å². The Hall–Kier alpha value is -2.85. The first-order valence-electron chi connectivity index (χ1n) is 9.45. The Morgan fingerprint density at radius 3 is 2.24 bits per heavy atom. The molecule has 1 amide bonds. The van der Waals surface area contributed by atoms with Crippen molar-refractivity contribution in [2.45, 2.75) is 35.5 Å². The molecular formula is C19H22N4O8S2. The maximum absolute atomic E-state index is 12.6. The minimum atomic E-state index is -3.86. The summed E-state index contributed by atoms with van der Waals surface area (Å²) in [6.45, 7) is 0. The van der Waals surface area contributed by atoms with E-state index >= 15 is 0 Å². The molecule has 178 valence electrons. The first kappa shape index (κ1) is 24.8. The van der Waals surface area contributed by atoms with Crippen LogP contribution < -0.4 is 21.1 Å². The molecule has 0 aliphatic carbocycles. The zero-order valence-electron chi connectivity index (χ0n) is 16.8. The van der Waals surface area contributed by atoms with E-state index in [1.165, 1.54) is 48.5 Å². The lowest BCUT2D eigenvalue weighted by Gasteiger charge is -2.40. The van der Waals surface area contributed by atoms with Gasteiger partial charge in [0.25, 0.3) is 5.91 Å². The Morgan fingerprint density at radius 2 is 1.64 bits per heavy atom. The van der Waals surface area contributed by atoms with Gasteiger partial charge in [0.2, 0.25) is 10.0 Å². The summed E-state index contributed by atoms with van der Waals surface area (Å²) in [5.41, 5.74) is 0.602. The molecule has 2 aromatic carbocycles. The number of primary sulfonamides is 1. The van der Waals surface area contributed by atoms with Crippen molar-refractivity contribution in [1.29, 1.82) is 0 Å². The number of sulfonamides is 1. The first-order valence-corrected chi connectivity index (χ1v) is 11.4. The fraction of sp³-hybridized carbons (Fsp3) is 0.263. The molecule has 1 fully saturated rings. The summed E-state index contributed by atoms with van der Waals surface area (Å²) < 4.78 is 28.1. The van der Waals surface area contributed by atoms with Gasteiger partial charge in [-0.2, -0.15) is 0 Å². The predicted octanol–water partition coefficient (Wildman–Crippen LogP) is -1.23. The van der Waals surface area contributed by atoms with Gasteiger partial charge in [0.1, 0.15) is 24.1 Å². The lowest BCUT2D eigenvalue weighted by Crippen LogP contribution is -2.65. The van der Waals surface area contributed by atoms with E-state index in [-0.39, 0.29) is 21.4 Å². The number of hydrogen-bond acceptors (Lipinski definition) is 9. The average molecular weight is 499 g/mol. The summed E-state index contributed by atoms with van der Waals surface area (Å²) in [6.07, 6.45) is -8.10. The van der Waals surface area contributed by atoms with Crippen LogP contribution in [-0.4, -0.2) is 70.5 Å². The third kappa shape index (κ3) is 6.14. The fourth-order valence-electron chi connectivity index (χ4n) is 3.04. The van der Waals surface area contributed by atoms with Crippen molar-refractivity contribution in [2.75, 3.05) is 10.6 Å². The molecule has 0 radical (unpaired) electrons. The number of phenolic OH excluding ortho intramolecular Hbond substituents is 1. The van der Waals surface area contributed by atoms with Crippen molar-refractivity contribution in [1.82, 2.24) is 5.32 Å². The van der Waals surface area contributed by atoms with Crippen LogP contribution in [0.25, 0.3) is 0 Å². The van der Waals surface area contributed by atoms with Gasteiger partial charge < -0.3 is 41.1 Å². The number of nitrogens with one attached hydrogen (secondary N) is 3. The highest BCUT2D eigenvalue weighted by Gasteiger charge is 2.47. The molecule has 14 heteroatoms. The number of carbonyl (C=O) groups is 1. The third-order valence-corrected chi connectivity index (χ3v) is 5.85. The Morgan fingerprint density at radius 1 is 0.970 bits per heavy atom. The molecule has 1 saturated heterocycles. The smallest absolute Gasteiger partial charge is 0.256 e. The number of carbonyl (C=O) groups excluding carboxylic acids is 1. The van der Waals surface area contributed by atoms with Gasteiger partial charge in [-0.1, -0.05) is 6.07 Å². The number of aliphatic hydroxyl groups is 3. The van der Waals surface area contributed by atoms with Crippen molar-refractivity contribution < 1.29 is 38.4 Å². The minimum absolute atomic E-state index is 0.0851. The number of rotatable bonds is 5. The van der Waals surface area contributed by atoms with Gasteiger partial charge in [-0.25, -0.2) is 13.6 Å².